The molecule has 0 spiro atoms. The Bertz CT molecular complexity index is 963. The number of carbonyl (C=O) groups is 1. The average Bonchev–Trinajstić information content (AvgIpc) is 2.62. The summed E-state index contributed by atoms with van der Waals surface area (Å²) >= 11 is 0. The van der Waals surface area contributed by atoms with E-state index in [-0.39, 0.29) is 22.9 Å². The third-order valence-electron chi connectivity index (χ3n) is 3.40. The van der Waals surface area contributed by atoms with Gasteiger partial charge in [-0.25, -0.2) is 17.2 Å². The number of nitro benzene ring substituents is 1. The first-order valence-electron chi connectivity index (χ1n) is 7.54. The molecular formula is C16H14F2N2O6S. The second kappa shape index (κ2) is 8.08. The first kappa shape index (κ1) is 20.2. The molecule has 0 radical (unpaired) electrons. The molecule has 2 aromatic carbocycles. The molecule has 0 aromatic heterocycles. The van der Waals surface area contributed by atoms with Crippen molar-refractivity contribution >= 4 is 27.4 Å². The van der Waals surface area contributed by atoms with Gasteiger partial charge in [0.25, 0.3) is 15.7 Å². The lowest BCUT2D eigenvalue weighted by Crippen LogP contribution is -2.36. The maximum Gasteiger partial charge on any atom is 0.326 e. The van der Waals surface area contributed by atoms with Gasteiger partial charge in [-0.15, -0.1) is 0 Å². The first-order valence-corrected chi connectivity index (χ1v) is 8.98. The van der Waals surface area contributed by atoms with Crippen LogP contribution < -0.4 is 4.31 Å². The normalized spacial score (nSPS) is 11.1. The summed E-state index contributed by atoms with van der Waals surface area (Å²) in [5, 5.41) is 10.7. The highest BCUT2D eigenvalue weighted by Gasteiger charge is 2.29. The Labute approximate surface area is 153 Å². The van der Waals surface area contributed by atoms with E-state index >= 15 is 0 Å². The van der Waals surface area contributed by atoms with Crippen molar-refractivity contribution < 1.29 is 31.7 Å². The quantitative estimate of drug-likeness (QED) is 0.402. The predicted molar refractivity (Wildman–Crippen MR) is 90.6 cm³/mol. The number of sulfonamides is 1. The highest BCUT2D eigenvalue weighted by atomic mass is 32.2. The molecule has 0 amide bonds. The zero-order chi connectivity index (χ0) is 20.2. The van der Waals surface area contributed by atoms with E-state index in [1.54, 1.807) is 0 Å². The van der Waals surface area contributed by atoms with Crippen molar-refractivity contribution in [3.8, 4) is 0 Å². The molecule has 0 bridgehead atoms. The van der Waals surface area contributed by atoms with Gasteiger partial charge in [-0.3, -0.25) is 19.2 Å². The molecule has 8 nitrogen and oxygen atoms in total. The second-order valence-electron chi connectivity index (χ2n) is 5.17. The maximum atomic E-state index is 13.6. The SMILES string of the molecule is CCOC(=O)CN(c1ccc(F)c(F)c1)S(=O)(=O)c1ccc([N+](=O)[O-])cc1. The Kier molecular flexibility index (Phi) is 6.05. The first-order chi connectivity index (χ1) is 12.7. The van der Waals surface area contributed by atoms with Crippen LogP contribution in [0.2, 0.25) is 0 Å². The highest BCUT2D eigenvalue weighted by molar-refractivity contribution is 7.92. The lowest BCUT2D eigenvalue weighted by molar-refractivity contribution is -0.384. The van der Waals surface area contributed by atoms with Crippen molar-refractivity contribution in [2.45, 2.75) is 11.8 Å². The second-order valence-corrected chi connectivity index (χ2v) is 7.03. The molecule has 2 rings (SSSR count). The lowest BCUT2D eigenvalue weighted by Gasteiger charge is -2.23. The molecule has 0 aliphatic carbocycles. The van der Waals surface area contributed by atoms with Crippen LogP contribution in [0.25, 0.3) is 0 Å². The minimum atomic E-state index is -4.42. The molecule has 0 unspecified atom stereocenters. The minimum absolute atomic E-state index is 0.0119. The standard InChI is InChI=1S/C16H14F2N2O6S/c1-2-26-16(21)10-19(12-5-8-14(17)15(18)9-12)27(24,25)13-6-3-11(4-7-13)20(22)23/h3-9H,2,10H2,1H3. The van der Waals surface area contributed by atoms with Crippen molar-refractivity contribution in [2.24, 2.45) is 0 Å². The van der Waals surface area contributed by atoms with Gasteiger partial charge in [0.15, 0.2) is 11.6 Å². The van der Waals surface area contributed by atoms with Crippen LogP contribution in [0.15, 0.2) is 47.4 Å². The largest absolute Gasteiger partial charge is 0.465 e. The molecule has 0 saturated heterocycles. The van der Waals surface area contributed by atoms with Crippen molar-refractivity contribution in [3.05, 3.63) is 64.2 Å². The van der Waals surface area contributed by atoms with E-state index in [1.165, 1.54) is 6.92 Å². The Morgan fingerprint density at radius 2 is 1.78 bits per heavy atom. The summed E-state index contributed by atoms with van der Waals surface area (Å²) in [7, 11) is -4.42. The van der Waals surface area contributed by atoms with E-state index in [0.29, 0.717) is 16.4 Å². The molecule has 0 fully saturated rings. The number of esters is 1. The van der Waals surface area contributed by atoms with Crippen LogP contribution in [-0.2, 0) is 19.6 Å². The number of halogens is 2. The molecule has 11 heteroatoms. The minimum Gasteiger partial charge on any atom is -0.465 e. The highest BCUT2D eigenvalue weighted by Crippen LogP contribution is 2.26. The van der Waals surface area contributed by atoms with Gasteiger partial charge in [0, 0.05) is 18.2 Å². The van der Waals surface area contributed by atoms with Gasteiger partial charge < -0.3 is 4.74 Å². The van der Waals surface area contributed by atoms with Gasteiger partial charge in [-0.1, -0.05) is 0 Å². The van der Waals surface area contributed by atoms with Gasteiger partial charge in [0.1, 0.15) is 6.54 Å². The molecule has 0 saturated carbocycles. The zero-order valence-electron chi connectivity index (χ0n) is 14.0. The number of hydrogen-bond acceptors (Lipinski definition) is 6. The number of ether oxygens (including phenoxy) is 1. The summed E-state index contributed by atoms with van der Waals surface area (Å²) in [4.78, 5) is 21.4. The van der Waals surface area contributed by atoms with Crippen molar-refractivity contribution in [2.75, 3.05) is 17.5 Å². The van der Waals surface area contributed by atoms with E-state index in [9.17, 15) is 32.1 Å². The molecule has 27 heavy (non-hydrogen) atoms. The topological polar surface area (TPSA) is 107 Å². The van der Waals surface area contributed by atoms with Gasteiger partial charge in [0.2, 0.25) is 0 Å². The average molecular weight is 400 g/mol. The fourth-order valence-electron chi connectivity index (χ4n) is 2.15. The number of non-ortho nitro benzene ring substituents is 1. The molecule has 0 atom stereocenters. The van der Waals surface area contributed by atoms with E-state index in [2.05, 4.69) is 0 Å². The number of nitro groups is 1. The van der Waals surface area contributed by atoms with Crippen LogP contribution in [0.4, 0.5) is 20.2 Å². The molecular weight excluding hydrogens is 386 g/mol. The smallest absolute Gasteiger partial charge is 0.326 e. The Morgan fingerprint density at radius 3 is 2.30 bits per heavy atom. The lowest BCUT2D eigenvalue weighted by atomic mass is 10.3. The van der Waals surface area contributed by atoms with Gasteiger partial charge >= 0.3 is 5.97 Å². The van der Waals surface area contributed by atoms with Crippen molar-refractivity contribution in [1.29, 1.82) is 0 Å². The van der Waals surface area contributed by atoms with Crippen LogP contribution in [0.5, 0.6) is 0 Å². The summed E-state index contributed by atoms with van der Waals surface area (Å²) in [6, 6.07) is 6.23. The van der Waals surface area contributed by atoms with Crippen LogP contribution in [0, 0.1) is 21.7 Å². The number of nitrogens with zero attached hydrogens (tertiary/aromatic N) is 2. The summed E-state index contributed by atoms with van der Waals surface area (Å²) in [6.07, 6.45) is 0. The van der Waals surface area contributed by atoms with Gasteiger partial charge in [0.05, 0.1) is 22.1 Å². The number of rotatable bonds is 7. The number of benzene rings is 2. The fourth-order valence-corrected chi connectivity index (χ4v) is 3.55. The maximum absolute atomic E-state index is 13.6. The Hall–Kier alpha value is -3.08. The van der Waals surface area contributed by atoms with Crippen molar-refractivity contribution in [3.63, 3.8) is 0 Å². The third-order valence-corrected chi connectivity index (χ3v) is 5.19. The summed E-state index contributed by atoms with van der Waals surface area (Å²) in [5.74, 6) is -3.41. The van der Waals surface area contributed by atoms with Crippen LogP contribution >= 0.6 is 0 Å². The van der Waals surface area contributed by atoms with Crippen LogP contribution in [0.3, 0.4) is 0 Å². The van der Waals surface area contributed by atoms with Gasteiger partial charge in [-0.05, 0) is 31.2 Å². The molecule has 0 heterocycles. The monoisotopic (exact) mass is 400 g/mol. The number of anilines is 1. The van der Waals surface area contributed by atoms with E-state index < -0.39 is 39.1 Å². The molecule has 0 N–H and O–H groups in total. The fraction of sp³-hybridized carbons (Fsp3) is 0.188. The predicted octanol–water partition coefficient (Wildman–Crippen LogP) is 2.63. The number of hydrogen-bond donors (Lipinski definition) is 0. The summed E-state index contributed by atoms with van der Waals surface area (Å²) < 4.78 is 57.8. The molecule has 0 aliphatic rings. The summed E-state index contributed by atoms with van der Waals surface area (Å²) in [5.41, 5.74) is -0.640. The van der Waals surface area contributed by atoms with Crippen LogP contribution in [-0.4, -0.2) is 32.5 Å². The van der Waals surface area contributed by atoms with Crippen LogP contribution in [0.1, 0.15) is 6.92 Å². The molecule has 0 aliphatic heterocycles. The van der Waals surface area contributed by atoms with E-state index in [4.69, 9.17) is 4.74 Å². The Balaban J connectivity index is 2.51. The zero-order valence-corrected chi connectivity index (χ0v) is 14.8. The third kappa shape index (κ3) is 4.56. The van der Waals surface area contributed by atoms with Gasteiger partial charge in [-0.2, -0.15) is 0 Å². The summed E-state index contributed by atoms with van der Waals surface area (Å²) in [6.45, 7) is 0.713. The van der Waals surface area contributed by atoms with Crippen molar-refractivity contribution in [1.82, 2.24) is 0 Å². The molecule has 2 aromatic rings. The van der Waals surface area contributed by atoms with E-state index in [0.717, 1.165) is 30.3 Å². The Morgan fingerprint density at radius 1 is 1.15 bits per heavy atom. The van der Waals surface area contributed by atoms with E-state index in [1.807, 2.05) is 0 Å². The number of carbonyl (C=O) groups excluding carboxylic acids is 1. The molecule has 144 valence electrons.